The Hall–Kier alpha value is -5.08. The number of imide groups is 1. The summed E-state index contributed by atoms with van der Waals surface area (Å²) in [5, 5.41) is 3.59. The quantitative estimate of drug-likeness (QED) is 0.161. The highest BCUT2D eigenvalue weighted by atomic mass is 32.2. The minimum atomic E-state index is -0.488. The molecule has 3 fully saturated rings. The number of benzene rings is 3. The molecular weight excluding hydrogens is 707 g/mol. The Labute approximate surface area is 306 Å². The average Bonchev–Trinajstić information content (AvgIpc) is 3.89. The number of H-pyrrole nitrogens is 1. The van der Waals surface area contributed by atoms with Gasteiger partial charge in [-0.25, -0.2) is 4.79 Å². The van der Waals surface area contributed by atoms with E-state index in [1.807, 2.05) is 12.1 Å². The number of aromatic nitrogens is 1. The van der Waals surface area contributed by atoms with Gasteiger partial charge in [-0.05, 0) is 97.3 Å². The summed E-state index contributed by atoms with van der Waals surface area (Å²) in [6.07, 6.45) is 0.738. The van der Waals surface area contributed by atoms with Crippen molar-refractivity contribution in [1.29, 1.82) is 0 Å². The highest BCUT2D eigenvalue weighted by Crippen LogP contribution is 2.68. The number of amides is 3. The molecule has 3 heterocycles. The van der Waals surface area contributed by atoms with Gasteiger partial charge in [0.1, 0.15) is 5.75 Å². The van der Waals surface area contributed by atoms with Crippen LogP contribution in [0.3, 0.4) is 0 Å². The number of carbonyl (C=O) groups is 4. The third kappa shape index (κ3) is 5.64. The van der Waals surface area contributed by atoms with E-state index >= 15 is 0 Å². The molecule has 3 aromatic carbocycles. The first-order valence-electron chi connectivity index (χ1n) is 17.0. The van der Waals surface area contributed by atoms with Gasteiger partial charge in [0.05, 0.1) is 48.9 Å². The number of fused-ring (bicyclic) bond motifs is 9. The number of nitrogens with zero attached hydrogens (tertiary/aromatic N) is 1. The van der Waals surface area contributed by atoms with E-state index in [2.05, 4.69) is 10.3 Å². The highest BCUT2D eigenvalue weighted by molar-refractivity contribution is 8.00. The molecule has 0 spiro atoms. The van der Waals surface area contributed by atoms with Crippen LogP contribution >= 0.6 is 23.1 Å². The number of esters is 1. The summed E-state index contributed by atoms with van der Waals surface area (Å²) in [5.41, 5.74) is 2.28. The number of hydrogen-bond donors (Lipinski definition) is 2. The molecule has 12 nitrogen and oxygen atoms in total. The maximum Gasteiger partial charge on any atom is 0.338 e. The van der Waals surface area contributed by atoms with Gasteiger partial charge in [0.25, 0.3) is 5.91 Å². The third-order valence-corrected chi connectivity index (χ3v) is 13.2. The zero-order valence-corrected chi connectivity index (χ0v) is 30.1. The fourth-order valence-corrected chi connectivity index (χ4v) is 11.5. The molecule has 0 unspecified atom stereocenters. The van der Waals surface area contributed by atoms with Crippen molar-refractivity contribution < 1.29 is 38.1 Å². The first-order valence-corrected chi connectivity index (χ1v) is 18.7. The van der Waals surface area contributed by atoms with Crippen LogP contribution in [0.2, 0.25) is 0 Å². The summed E-state index contributed by atoms with van der Waals surface area (Å²) in [6.45, 7) is 1.72. The van der Waals surface area contributed by atoms with Gasteiger partial charge in [0, 0.05) is 21.7 Å². The summed E-state index contributed by atoms with van der Waals surface area (Å²) in [4.78, 5) is 70.9. The van der Waals surface area contributed by atoms with Crippen molar-refractivity contribution in [1.82, 2.24) is 4.98 Å². The number of ether oxygens (including phenoxy) is 4. The maximum absolute atomic E-state index is 14.2. The van der Waals surface area contributed by atoms with Crippen LogP contribution in [-0.4, -0.2) is 61.4 Å². The molecular formula is C38H35N3O9S2. The van der Waals surface area contributed by atoms with Crippen molar-refractivity contribution in [2.24, 2.45) is 29.6 Å². The van der Waals surface area contributed by atoms with Gasteiger partial charge < -0.3 is 29.2 Å². The van der Waals surface area contributed by atoms with Gasteiger partial charge in [0.2, 0.25) is 11.8 Å². The van der Waals surface area contributed by atoms with E-state index < -0.39 is 17.8 Å². The average molecular weight is 742 g/mol. The van der Waals surface area contributed by atoms with Gasteiger partial charge in [-0.1, -0.05) is 17.4 Å². The Morgan fingerprint density at radius 1 is 0.904 bits per heavy atom. The van der Waals surface area contributed by atoms with Crippen LogP contribution in [0.25, 0.3) is 0 Å². The summed E-state index contributed by atoms with van der Waals surface area (Å²) in [5.74, 6) is -1.12. The van der Waals surface area contributed by atoms with E-state index in [0.29, 0.717) is 34.2 Å². The fraction of sp³-hybridized carbons (Fsp3) is 0.342. The lowest BCUT2D eigenvalue weighted by Crippen LogP contribution is -2.42. The summed E-state index contributed by atoms with van der Waals surface area (Å²) < 4.78 is 21.9. The molecule has 1 saturated heterocycles. The van der Waals surface area contributed by atoms with Gasteiger partial charge in [-0.2, -0.15) is 0 Å². The number of rotatable bonds is 10. The number of methoxy groups -OCH3 is 2. The van der Waals surface area contributed by atoms with E-state index in [9.17, 15) is 24.0 Å². The number of carbonyl (C=O) groups excluding carboxylic acids is 4. The van der Waals surface area contributed by atoms with Gasteiger partial charge in [-0.3, -0.25) is 24.1 Å². The molecule has 14 heteroatoms. The van der Waals surface area contributed by atoms with Crippen molar-refractivity contribution in [3.8, 4) is 17.2 Å². The van der Waals surface area contributed by atoms with Crippen LogP contribution in [0.4, 0.5) is 11.4 Å². The van der Waals surface area contributed by atoms with Crippen LogP contribution < -0.4 is 29.3 Å². The zero-order valence-electron chi connectivity index (χ0n) is 28.5. The Balaban J connectivity index is 1.05. The number of anilines is 2. The first kappa shape index (κ1) is 34.0. The third-order valence-electron chi connectivity index (χ3n) is 10.6. The molecule has 52 heavy (non-hydrogen) atoms. The van der Waals surface area contributed by atoms with E-state index in [4.69, 9.17) is 18.9 Å². The summed E-state index contributed by atoms with van der Waals surface area (Å²) in [7, 11) is 3.10. The molecule has 2 N–H and O–H groups in total. The molecule has 4 aliphatic rings. The molecule has 268 valence electrons. The van der Waals surface area contributed by atoms with Crippen molar-refractivity contribution in [2.75, 3.05) is 37.7 Å². The summed E-state index contributed by atoms with van der Waals surface area (Å²) in [6, 6.07) is 18.9. The lowest BCUT2D eigenvalue weighted by molar-refractivity contribution is -0.123. The van der Waals surface area contributed by atoms with Crippen LogP contribution in [0.5, 0.6) is 17.2 Å². The van der Waals surface area contributed by atoms with Gasteiger partial charge >= 0.3 is 10.8 Å². The number of thiazole rings is 1. The second-order valence-electron chi connectivity index (χ2n) is 13.2. The Bertz CT molecular complexity index is 2130. The zero-order chi connectivity index (χ0) is 36.3. The second-order valence-corrected chi connectivity index (χ2v) is 15.4. The van der Waals surface area contributed by atoms with E-state index in [0.717, 1.165) is 21.9 Å². The maximum atomic E-state index is 14.2. The van der Waals surface area contributed by atoms with E-state index in [-0.39, 0.29) is 64.7 Å². The second kappa shape index (κ2) is 13.5. The Kier molecular flexibility index (Phi) is 8.82. The minimum Gasteiger partial charge on any atom is -0.497 e. The predicted octanol–water partition coefficient (Wildman–Crippen LogP) is 5.33. The smallest absolute Gasteiger partial charge is 0.338 e. The molecule has 3 amide bonds. The van der Waals surface area contributed by atoms with Crippen LogP contribution in [0.1, 0.15) is 40.1 Å². The monoisotopic (exact) mass is 741 g/mol. The van der Waals surface area contributed by atoms with Crippen molar-refractivity contribution >= 4 is 58.2 Å². The number of nitrogens with one attached hydrogen (secondary N) is 2. The van der Waals surface area contributed by atoms with Crippen LogP contribution in [0.15, 0.2) is 76.6 Å². The predicted molar refractivity (Wildman–Crippen MR) is 193 cm³/mol. The van der Waals surface area contributed by atoms with Crippen LogP contribution in [0, 0.1) is 29.6 Å². The van der Waals surface area contributed by atoms with E-state index in [1.165, 1.54) is 23.3 Å². The SMILES string of the molecule is CCOC(=O)c1ccc(N2C(=O)[C@H]3[C@H]4C[C@@H]([C@@H]3C2=O)[C@@H]2[C@H](c3ccc(OCC(=O)Nc5ccc(OC)cc5)c(OC)c3)c3sc(=O)[nH]c3S[C@H]42)cc1. The van der Waals surface area contributed by atoms with Crippen molar-refractivity contribution in [3.05, 3.63) is 92.4 Å². The topological polar surface area (TPSA) is 153 Å². The molecule has 7 atom stereocenters. The molecule has 2 aliphatic carbocycles. The van der Waals surface area contributed by atoms with Crippen LogP contribution in [-0.2, 0) is 19.1 Å². The number of hydrogen-bond acceptors (Lipinski definition) is 11. The summed E-state index contributed by atoms with van der Waals surface area (Å²) >= 11 is 2.78. The molecule has 8 rings (SSSR count). The van der Waals surface area contributed by atoms with Gasteiger partial charge in [-0.15, -0.1) is 11.8 Å². The Morgan fingerprint density at radius 2 is 1.63 bits per heavy atom. The molecule has 2 bridgehead atoms. The first-order chi connectivity index (χ1) is 25.2. The van der Waals surface area contributed by atoms with Crippen molar-refractivity contribution in [2.45, 2.75) is 29.5 Å². The highest BCUT2D eigenvalue weighted by Gasteiger charge is 2.69. The molecule has 0 radical (unpaired) electrons. The van der Waals surface area contributed by atoms with Crippen molar-refractivity contribution in [3.63, 3.8) is 0 Å². The standard InChI is InChI=1S/C38H35N3O9S2/c1-4-49-37(45)18-5-10-21(11-6-18)41-35(43)30-23-16-24(31(30)36(41)44)32-29(23)28(33-34(51-32)40-38(46)52-33)19-7-14-25(26(15-19)48-3)50-17-27(42)39-20-8-12-22(47-2)13-9-20/h5-15,23-24,28-32H,4,16-17H2,1-3H3,(H,39,42)(H,40,46)/t23-,24-,28+,29-,30+,31+,32-/m1/s1. The number of aromatic amines is 1. The molecule has 2 aliphatic heterocycles. The number of thioether (sulfide) groups is 1. The molecule has 4 aromatic rings. The molecule has 1 aromatic heterocycles. The fourth-order valence-electron chi connectivity index (χ4n) is 8.62. The lowest BCUT2D eigenvalue weighted by atomic mass is 9.68. The lowest BCUT2D eigenvalue weighted by Gasteiger charge is -2.43. The normalized spacial score (nSPS) is 25.3. The molecule has 2 saturated carbocycles. The Morgan fingerprint density at radius 3 is 2.33 bits per heavy atom. The van der Waals surface area contributed by atoms with E-state index in [1.54, 1.807) is 80.4 Å². The van der Waals surface area contributed by atoms with Gasteiger partial charge in [0.15, 0.2) is 18.1 Å². The minimum absolute atomic E-state index is 0.000428. The largest absolute Gasteiger partial charge is 0.497 e.